The molecule has 0 bridgehead atoms. The maximum Gasteiger partial charge on any atom is 0.175 e. The third kappa shape index (κ3) is 1.90. The van der Waals surface area contributed by atoms with Crippen molar-refractivity contribution in [2.24, 2.45) is 0 Å². The van der Waals surface area contributed by atoms with Crippen LogP contribution < -0.4 is 0 Å². The molecule has 82 valence electrons. The molecule has 0 aliphatic heterocycles. The second-order valence-corrected chi connectivity index (χ2v) is 3.49. The Bertz CT molecular complexity index is 604. The van der Waals surface area contributed by atoms with Gasteiger partial charge in [0.2, 0.25) is 0 Å². The molecule has 1 N–H and O–H groups in total. The lowest BCUT2D eigenvalue weighted by atomic mass is 10.1. The highest BCUT2D eigenvalue weighted by Crippen LogP contribution is 2.18. The lowest BCUT2D eigenvalue weighted by Crippen LogP contribution is -1.91. The zero-order valence-electron chi connectivity index (χ0n) is 8.91. The lowest BCUT2D eigenvalue weighted by Gasteiger charge is -2.01. The molecule has 0 amide bonds. The number of rotatable bonds is 2. The van der Waals surface area contributed by atoms with Crippen molar-refractivity contribution in [1.29, 1.82) is 0 Å². The topological polar surface area (TPSA) is 67.3 Å². The maximum absolute atomic E-state index is 4.49. The quantitative estimate of drug-likeness (QED) is 0.720. The minimum atomic E-state index is 0.621. The van der Waals surface area contributed by atoms with Crippen LogP contribution in [0.4, 0.5) is 0 Å². The second kappa shape index (κ2) is 4.13. The number of hydrogen-bond donors (Lipinski definition) is 1. The Balaban J connectivity index is 2.06. The predicted molar refractivity (Wildman–Crippen MR) is 62.8 cm³/mol. The molecule has 3 aromatic rings. The summed E-state index contributed by atoms with van der Waals surface area (Å²) in [5.41, 5.74) is 2.53. The summed E-state index contributed by atoms with van der Waals surface area (Å²) in [6.45, 7) is 0. The van der Waals surface area contributed by atoms with Crippen LogP contribution in [-0.4, -0.2) is 25.1 Å². The van der Waals surface area contributed by atoms with E-state index in [1.807, 2.05) is 30.3 Å². The number of hydrogen-bond acceptors (Lipinski definition) is 4. The summed E-state index contributed by atoms with van der Waals surface area (Å²) < 4.78 is 0. The monoisotopic (exact) mass is 223 g/mol. The Morgan fingerprint density at radius 1 is 0.941 bits per heavy atom. The van der Waals surface area contributed by atoms with E-state index < -0.39 is 0 Å². The van der Waals surface area contributed by atoms with Crippen molar-refractivity contribution in [2.75, 3.05) is 0 Å². The van der Waals surface area contributed by atoms with E-state index in [4.69, 9.17) is 0 Å². The summed E-state index contributed by atoms with van der Waals surface area (Å²) in [7, 11) is 0. The summed E-state index contributed by atoms with van der Waals surface area (Å²) in [6.07, 6.45) is 4.84. The van der Waals surface area contributed by atoms with Crippen molar-refractivity contribution in [1.82, 2.24) is 25.1 Å². The van der Waals surface area contributed by atoms with Gasteiger partial charge in [0, 0.05) is 5.56 Å². The fourth-order valence-electron chi connectivity index (χ4n) is 1.56. The number of nitrogens with zero attached hydrogens (tertiary/aromatic N) is 4. The normalized spacial score (nSPS) is 10.4. The first-order valence-electron chi connectivity index (χ1n) is 5.17. The van der Waals surface area contributed by atoms with Crippen LogP contribution >= 0.6 is 0 Å². The number of benzene rings is 1. The van der Waals surface area contributed by atoms with Crippen LogP contribution in [0.25, 0.3) is 22.8 Å². The minimum Gasteiger partial charge on any atom is -0.260 e. The van der Waals surface area contributed by atoms with Crippen molar-refractivity contribution in [2.45, 2.75) is 0 Å². The number of aromatic amines is 1. The average molecular weight is 223 g/mol. The molecule has 5 heteroatoms. The predicted octanol–water partition coefficient (Wildman–Crippen LogP) is 1.93. The van der Waals surface area contributed by atoms with Gasteiger partial charge in [0.15, 0.2) is 5.82 Å². The fraction of sp³-hybridized carbons (Fsp3) is 0. The van der Waals surface area contributed by atoms with E-state index >= 15 is 0 Å². The zero-order valence-corrected chi connectivity index (χ0v) is 8.91. The van der Waals surface area contributed by atoms with Gasteiger partial charge in [-0.05, 0) is 0 Å². The van der Waals surface area contributed by atoms with Crippen LogP contribution in [0.5, 0.6) is 0 Å². The second-order valence-electron chi connectivity index (χ2n) is 3.49. The van der Waals surface area contributed by atoms with E-state index in [1.165, 1.54) is 6.33 Å². The van der Waals surface area contributed by atoms with E-state index in [0.717, 1.165) is 11.3 Å². The Morgan fingerprint density at radius 2 is 1.76 bits per heavy atom. The van der Waals surface area contributed by atoms with Crippen molar-refractivity contribution in [3.63, 3.8) is 0 Å². The summed E-state index contributed by atoms with van der Waals surface area (Å²) in [5, 5.41) is 6.57. The molecule has 0 spiro atoms. The summed E-state index contributed by atoms with van der Waals surface area (Å²) in [6, 6.07) is 9.90. The molecule has 0 aliphatic rings. The molecular formula is C12H9N5. The molecule has 5 nitrogen and oxygen atoms in total. The molecule has 2 aromatic heterocycles. The SMILES string of the molecule is c1ccc(-c2cncc(-c3ncn[nH]3)n2)cc1. The van der Waals surface area contributed by atoms with Crippen molar-refractivity contribution < 1.29 is 0 Å². The van der Waals surface area contributed by atoms with Crippen LogP contribution in [0.2, 0.25) is 0 Å². The molecule has 2 heterocycles. The van der Waals surface area contributed by atoms with Gasteiger partial charge in [-0.2, -0.15) is 5.10 Å². The largest absolute Gasteiger partial charge is 0.260 e. The van der Waals surface area contributed by atoms with Gasteiger partial charge >= 0.3 is 0 Å². The number of nitrogens with one attached hydrogen (secondary N) is 1. The third-order valence-corrected chi connectivity index (χ3v) is 2.36. The molecule has 17 heavy (non-hydrogen) atoms. The first-order valence-corrected chi connectivity index (χ1v) is 5.17. The first kappa shape index (κ1) is 9.65. The van der Waals surface area contributed by atoms with Crippen LogP contribution in [0.3, 0.4) is 0 Å². The summed E-state index contributed by atoms with van der Waals surface area (Å²) >= 11 is 0. The Labute approximate surface area is 97.6 Å². The number of aromatic nitrogens is 5. The van der Waals surface area contributed by atoms with Crippen LogP contribution in [0, 0.1) is 0 Å². The van der Waals surface area contributed by atoms with E-state index in [2.05, 4.69) is 25.1 Å². The highest BCUT2D eigenvalue weighted by atomic mass is 15.2. The van der Waals surface area contributed by atoms with Crippen molar-refractivity contribution in [3.05, 3.63) is 49.1 Å². The van der Waals surface area contributed by atoms with Crippen molar-refractivity contribution >= 4 is 0 Å². The highest BCUT2D eigenvalue weighted by Gasteiger charge is 2.05. The molecule has 0 atom stereocenters. The van der Waals surface area contributed by atoms with E-state index in [1.54, 1.807) is 12.4 Å². The molecule has 0 saturated carbocycles. The van der Waals surface area contributed by atoms with Crippen LogP contribution in [-0.2, 0) is 0 Å². The maximum atomic E-state index is 4.49. The standard InChI is InChI=1S/C12H9N5/c1-2-4-9(5-3-1)10-6-13-7-11(16-10)12-14-8-15-17-12/h1-8H,(H,14,15,17). The van der Waals surface area contributed by atoms with Gasteiger partial charge in [-0.1, -0.05) is 30.3 Å². The van der Waals surface area contributed by atoms with Gasteiger partial charge in [-0.15, -0.1) is 0 Å². The summed E-state index contributed by atoms with van der Waals surface area (Å²) in [5.74, 6) is 0.621. The van der Waals surface area contributed by atoms with Gasteiger partial charge in [0.05, 0.1) is 18.1 Å². The van der Waals surface area contributed by atoms with Gasteiger partial charge in [-0.3, -0.25) is 10.1 Å². The average Bonchev–Trinajstić information content (AvgIpc) is 2.94. The van der Waals surface area contributed by atoms with Crippen molar-refractivity contribution in [3.8, 4) is 22.8 Å². The van der Waals surface area contributed by atoms with Gasteiger partial charge in [0.1, 0.15) is 12.0 Å². The highest BCUT2D eigenvalue weighted by molar-refractivity contribution is 5.61. The first-order chi connectivity index (χ1) is 8.43. The molecular weight excluding hydrogens is 214 g/mol. The molecule has 0 radical (unpaired) electrons. The molecule has 3 rings (SSSR count). The molecule has 0 unspecified atom stereocenters. The molecule has 0 aliphatic carbocycles. The third-order valence-electron chi connectivity index (χ3n) is 2.36. The van der Waals surface area contributed by atoms with E-state index in [-0.39, 0.29) is 0 Å². The molecule has 1 aromatic carbocycles. The van der Waals surface area contributed by atoms with Crippen LogP contribution in [0.15, 0.2) is 49.1 Å². The smallest absolute Gasteiger partial charge is 0.175 e. The van der Waals surface area contributed by atoms with Gasteiger partial charge in [0.25, 0.3) is 0 Å². The summed E-state index contributed by atoms with van der Waals surface area (Å²) in [4.78, 5) is 12.7. The Kier molecular flexibility index (Phi) is 2.34. The van der Waals surface area contributed by atoms with Gasteiger partial charge in [-0.25, -0.2) is 9.97 Å². The molecule has 0 fully saturated rings. The number of H-pyrrole nitrogens is 1. The Hall–Kier alpha value is -2.56. The Morgan fingerprint density at radius 3 is 2.53 bits per heavy atom. The van der Waals surface area contributed by atoms with E-state index in [0.29, 0.717) is 11.5 Å². The van der Waals surface area contributed by atoms with Crippen LogP contribution in [0.1, 0.15) is 0 Å². The van der Waals surface area contributed by atoms with Gasteiger partial charge < -0.3 is 0 Å². The lowest BCUT2D eigenvalue weighted by molar-refractivity contribution is 1.08. The minimum absolute atomic E-state index is 0.621. The molecule has 0 saturated heterocycles. The van der Waals surface area contributed by atoms with E-state index in [9.17, 15) is 0 Å². The fourth-order valence-corrected chi connectivity index (χ4v) is 1.56. The zero-order chi connectivity index (χ0) is 11.5.